The molecule has 1 aromatic rings. The second-order valence-electron chi connectivity index (χ2n) is 7.31. The number of thiophene rings is 1. The van der Waals surface area contributed by atoms with Crippen LogP contribution >= 0.6 is 11.3 Å². The lowest BCUT2D eigenvalue weighted by molar-refractivity contribution is 0.0626. The van der Waals surface area contributed by atoms with Gasteiger partial charge in [-0.05, 0) is 56.5 Å². The monoisotopic (exact) mass is 308 g/mol. The van der Waals surface area contributed by atoms with Crippen LogP contribution in [0.3, 0.4) is 0 Å². The molecule has 1 aliphatic carbocycles. The third kappa shape index (κ3) is 4.80. The fraction of sp³-hybridized carbons (Fsp3) is 0.778. The molecule has 3 heteroatoms. The van der Waals surface area contributed by atoms with Gasteiger partial charge in [0.25, 0.3) is 0 Å². The van der Waals surface area contributed by atoms with Crippen molar-refractivity contribution in [1.82, 2.24) is 10.2 Å². The number of rotatable bonds is 7. The van der Waals surface area contributed by atoms with Gasteiger partial charge in [0, 0.05) is 30.6 Å². The van der Waals surface area contributed by atoms with E-state index in [0.29, 0.717) is 11.5 Å². The van der Waals surface area contributed by atoms with Gasteiger partial charge in [0.1, 0.15) is 0 Å². The zero-order valence-electron chi connectivity index (χ0n) is 14.2. The zero-order chi connectivity index (χ0) is 15.3. The topological polar surface area (TPSA) is 15.3 Å². The van der Waals surface area contributed by atoms with Gasteiger partial charge in [0.15, 0.2) is 0 Å². The van der Waals surface area contributed by atoms with Crippen molar-refractivity contribution >= 4 is 11.3 Å². The molecule has 0 saturated heterocycles. The maximum atomic E-state index is 3.48. The SMILES string of the molecule is CNCC1(CN(Cc2cccs2)C(C)C)CCCC(C)C1. The van der Waals surface area contributed by atoms with Crippen molar-refractivity contribution in [2.24, 2.45) is 11.3 Å². The lowest BCUT2D eigenvalue weighted by Crippen LogP contribution is -2.47. The number of hydrogen-bond donors (Lipinski definition) is 1. The summed E-state index contributed by atoms with van der Waals surface area (Å²) in [4.78, 5) is 4.17. The van der Waals surface area contributed by atoms with Crippen molar-refractivity contribution in [3.8, 4) is 0 Å². The van der Waals surface area contributed by atoms with E-state index in [1.165, 1.54) is 37.1 Å². The molecular formula is C18H32N2S. The van der Waals surface area contributed by atoms with Crippen molar-refractivity contribution in [3.63, 3.8) is 0 Å². The highest BCUT2D eigenvalue weighted by molar-refractivity contribution is 7.09. The molecule has 0 amide bonds. The molecular weight excluding hydrogens is 276 g/mol. The van der Waals surface area contributed by atoms with E-state index in [0.717, 1.165) is 19.0 Å². The van der Waals surface area contributed by atoms with E-state index in [4.69, 9.17) is 0 Å². The summed E-state index contributed by atoms with van der Waals surface area (Å²) in [6, 6.07) is 5.05. The van der Waals surface area contributed by atoms with Crippen LogP contribution in [0.1, 0.15) is 51.3 Å². The molecule has 1 saturated carbocycles. The van der Waals surface area contributed by atoms with Crippen LogP contribution in [0.25, 0.3) is 0 Å². The van der Waals surface area contributed by atoms with Gasteiger partial charge in [-0.25, -0.2) is 0 Å². The Balaban J connectivity index is 2.07. The predicted molar refractivity (Wildman–Crippen MR) is 93.9 cm³/mol. The van der Waals surface area contributed by atoms with Gasteiger partial charge < -0.3 is 5.32 Å². The normalized spacial score (nSPS) is 26.7. The van der Waals surface area contributed by atoms with E-state index in [2.05, 4.69) is 55.5 Å². The van der Waals surface area contributed by atoms with Crippen LogP contribution in [0.15, 0.2) is 17.5 Å². The first-order valence-electron chi connectivity index (χ1n) is 8.46. The molecule has 0 spiro atoms. The molecule has 1 aliphatic rings. The molecule has 120 valence electrons. The molecule has 1 fully saturated rings. The molecule has 2 atom stereocenters. The third-order valence-corrected chi connectivity index (χ3v) is 5.81. The summed E-state index contributed by atoms with van der Waals surface area (Å²) in [5, 5.41) is 5.67. The van der Waals surface area contributed by atoms with Crippen molar-refractivity contribution in [1.29, 1.82) is 0 Å². The number of nitrogens with one attached hydrogen (secondary N) is 1. The van der Waals surface area contributed by atoms with Crippen molar-refractivity contribution in [2.45, 2.75) is 59.0 Å². The van der Waals surface area contributed by atoms with E-state index >= 15 is 0 Å². The second-order valence-corrected chi connectivity index (χ2v) is 8.34. The Morgan fingerprint density at radius 1 is 1.48 bits per heavy atom. The minimum absolute atomic E-state index is 0.466. The van der Waals surface area contributed by atoms with Crippen LogP contribution in [0, 0.1) is 11.3 Å². The van der Waals surface area contributed by atoms with E-state index < -0.39 is 0 Å². The Morgan fingerprint density at radius 3 is 2.86 bits per heavy atom. The fourth-order valence-corrected chi connectivity index (χ4v) is 4.69. The lowest BCUT2D eigenvalue weighted by atomic mass is 9.69. The van der Waals surface area contributed by atoms with Crippen molar-refractivity contribution in [3.05, 3.63) is 22.4 Å². The Bertz CT molecular complexity index is 397. The second kappa shape index (κ2) is 7.75. The highest BCUT2D eigenvalue weighted by atomic mass is 32.1. The molecule has 21 heavy (non-hydrogen) atoms. The van der Waals surface area contributed by atoms with Crippen molar-refractivity contribution in [2.75, 3.05) is 20.1 Å². The minimum Gasteiger partial charge on any atom is -0.319 e. The molecule has 1 N–H and O–H groups in total. The standard InChI is InChI=1S/C18H32N2S/c1-15(2)20(12-17-8-6-10-21-17)14-18(13-19-4)9-5-7-16(3)11-18/h6,8,10,15-16,19H,5,7,9,11-14H2,1-4H3. The lowest BCUT2D eigenvalue weighted by Gasteiger charge is -2.44. The van der Waals surface area contributed by atoms with E-state index in [1.807, 2.05) is 11.3 Å². The van der Waals surface area contributed by atoms with Gasteiger partial charge in [0.05, 0.1) is 0 Å². The molecule has 0 aliphatic heterocycles. The van der Waals surface area contributed by atoms with Gasteiger partial charge in [-0.1, -0.05) is 25.8 Å². The molecule has 0 bridgehead atoms. The van der Waals surface area contributed by atoms with Gasteiger partial charge in [-0.3, -0.25) is 4.90 Å². The van der Waals surface area contributed by atoms with E-state index in [1.54, 1.807) is 0 Å². The first-order chi connectivity index (χ1) is 10.0. The fourth-order valence-electron chi connectivity index (χ4n) is 3.96. The molecule has 2 unspecified atom stereocenters. The Kier molecular flexibility index (Phi) is 6.27. The zero-order valence-corrected chi connectivity index (χ0v) is 15.0. The smallest absolute Gasteiger partial charge is 0.0330 e. The summed E-state index contributed by atoms with van der Waals surface area (Å²) in [6.07, 6.45) is 5.57. The number of nitrogens with zero attached hydrogens (tertiary/aromatic N) is 1. The summed E-state index contributed by atoms with van der Waals surface area (Å²) < 4.78 is 0. The number of hydrogen-bond acceptors (Lipinski definition) is 3. The highest BCUT2D eigenvalue weighted by Crippen LogP contribution is 2.40. The molecule has 2 nitrogen and oxygen atoms in total. The van der Waals surface area contributed by atoms with Crippen LogP contribution in [-0.2, 0) is 6.54 Å². The van der Waals surface area contributed by atoms with Gasteiger partial charge in [-0.15, -0.1) is 11.3 Å². The minimum atomic E-state index is 0.466. The summed E-state index contributed by atoms with van der Waals surface area (Å²) in [5.74, 6) is 0.878. The summed E-state index contributed by atoms with van der Waals surface area (Å²) in [5.41, 5.74) is 0.466. The molecule has 0 radical (unpaired) electrons. The first-order valence-corrected chi connectivity index (χ1v) is 9.34. The van der Waals surface area contributed by atoms with Crippen molar-refractivity contribution < 1.29 is 0 Å². The summed E-state index contributed by atoms with van der Waals surface area (Å²) in [7, 11) is 2.11. The molecule has 1 heterocycles. The summed E-state index contributed by atoms with van der Waals surface area (Å²) >= 11 is 1.89. The predicted octanol–water partition coefficient (Wildman–Crippen LogP) is 4.37. The quantitative estimate of drug-likeness (QED) is 0.804. The third-order valence-electron chi connectivity index (χ3n) is 4.95. The Morgan fingerprint density at radius 2 is 2.29 bits per heavy atom. The molecule has 0 aromatic carbocycles. The largest absolute Gasteiger partial charge is 0.319 e. The molecule has 2 rings (SSSR count). The van der Waals surface area contributed by atoms with Gasteiger partial charge in [0.2, 0.25) is 0 Å². The highest BCUT2D eigenvalue weighted by Gasteiger charge is 2.36. The van der Waals surface area contributed by atoms with Crippen LogP contribution in [0.2, 0.25) is 0 Å². The van der Waals surface area contributed by atoms with Crippen LogP contribution in [-0.4, -0.2) is 31.1 Å². The first kappa shape index (κ1) is 17.0. The average molecular weight is 309 g/mol. The van der Waals surface area contributed by atoms with Crippen LogP contribution in [0.5, 0.6) is 0 Å². The average Bonchev–Trinajstić information content (AvgIpc) is 2.91. The van der Waals surface area contributed by atoms with Gasteiger partial charge in [-0.2, -0.15) is 0 Å². The van der Waals surface area contributed by atoms with Crippen LogP contribution < -0.4 is 5.32 Å². The molecule has 1 aromatic heterocycles. The van der Waals surface area contributed by atoms with Gasteiger partial charge >= 0.3 is 0 Å². The Hall–Kier alpha value is -0.380. The Labute approximate surface area is 134 Å². The maximum Gasteiger partial charge on any atom is 0.0330 e. The van der Waals surface area contributed by atoms with Crippen LogP contribution in [0.4, 0.5) is 0 Å². The van der Waals surface area contributed by atoms with E-state index in [9.17, 15) is 0 Å². The van der Waals surface area contributed by atoms with E-state index in [-0.39, 0.29) is 0 Å². The maximum absolute atomic E-state index is 3.48. The summed E-state index contributed by atoms with van der Waals surface area (Å²) in [6.45, 7) is 10.6.